The topological polar surface area (TPSA) is 37.3 Å². The summed E-state index contributed by atoms with van der Waals surface area (Å²) in [6, 6.07) is 6.32. The number of thiophene rings is 1. The first-order chi connectivity index (χ1) is 6.69. The number of carbonyl (C=O) groups is 1. The van der Waals surface area contributed by atoms with Crippen molar-refractivity contribution in [3.8, 4) is 0 Å². The Morgan fingerprint density at radius 2 is 2.14 bits per heavy atom. The van der Waals surface area contributed by atoms with Crippen LogP contribution in [0.15, 0.2) is 23.6 Å². The summed E-state index contributed by atoms with van der Waals surface area (Å²) >= 11 is 7.63. The second-order valence-electron chi connectivity index (χ2n) is 2.69. The molecular weight excluding hydrogens is 220 g/mol. The van der Waals surface area contributed by atoms with Crippen molar-refractivity contribution in [1.82, 2.24) is 0 Å². The monoisotopic (exact) mass is 228 g/mol. The van der Waals surface area contributed by atoms with E-state index in [1.54, 1.807) is 11.3 Å². The van der Waals surface area contributed by atoms with Crippen molar-refractivity contribution in [2.75, 3.05) is 0 Å². The maximum Gasteiger partial charge on any atom is 0.290 e. The summed E-state index contributed by atoms with van der Waals surface area (Å²) in [6.07, 6.45) is 0. The molecule has 14 heavy (non-hydrogen) atoms. The Morgan fingerprint density at radius 3 is 2.79 bits per heavy atom. The fraction of sp³-hybridized carbons (Fsp3) is 0.100. The zero-order valence-electron chi connectivity index (χ0n) is 7.53. The second kappa shape index (κ2) is 4.98. The molecule has 0 aliphatic heterocycles. The largest absolute Gasteiger partial charge is 0.483 e. The van der Waals surface area contributed by atoms with Gasteiger partial charge >= 0.3 is 0 Å². The molecule has 1 heterocycles. The number of aryl methyl sites for hydroxylation is 1. The Hall–Kier alpha value is -1.06. The van der Waals surface area contributed by atoms with Gasteiger partial charge in [-0.15, -0.1) is 11.3 Å². The molecule has 0 atom stereocenters. The normalized spacial score (nSPS) is 9.29. The quantitative estimate of drug-likeness (QED) is 0.700. The molecule has 0 spiro atoms. The summed E-state index contributed by atoms with van der Waals surface area (Å²) in [5.74, 6) is 0. The van der Waals surface area contributed by atoms with Gasteiger partial charge in [-0.05, 0) is 18.6 Å². The standard InChI is InChI=1S/C9H7ClS.CH2O2/c1-6-2-3-7-8(10)5-11-9(7)4-6;2-1-3/h2-5H,1H3;1H,(H,2,3). The third-order valence-corrected chi connectivity index (χ3v) is 3.07. The van der Waals surface area contributed by atoms with E-state index < -0.39 is 0 Å². The Labute approximate surface area is 90.7 Å². The van der Waals surface area contributed by atoms with Gasteiger partial charge in [-0.2, -0.15) is 0 Å². The van der Waals surface area contributed by atoms with Crippen LogP contribution in [0.5, 0.6) is 0 Å². The maximum absolute atomic E-state index is 8.36. The lowest BCUT2D eigenvalue weighted by Gasteiger charge is -1.91. The van der Waals surface area contributed by atoms with Crippen LogP contribution in [0.4, 0.5) is 0 Å². The first-order valence-corrected chi connectivity index (χ1v) is 5.16. The van der Waals surface area contributed by atoms with Gasteiger partial charge in [0.1, 0.15) is 0 Å². The fourth-order valence-electron chi connectivity index (χ4n) is 1.10. The third-order valence-electron chi connectivity index (χ3n) is 1.68. The molecule has 0 unspecified atom stereocenters. The highest BCUT2D eigenvalue weighted by molar-refractivity contribution is 7.17. The van der Waals surface area contributed by atoms with Gasteiger partial charge in [0, 0.05) is 15.5 Å². The highest BCUT2D eigenvalue weighted by atomic mass is 35.5. The van der Waals surface area contributed by atoms with Crippen molar-refractivity contribution >= 4 is 39.5 Å². The third kappa shape index (κ3) is 2.47. The Bertz CT molecular complexity index is 437. The van der Waals surface area contributed by atoms with Crippen molar-refractivity contribution in [3.05, 3.63) is 34.2 Å². The fourth-order valence-corrected chi connectivity index (χ4v) is 2.37. The number of carboxylic acid groups (broad SMARTS) is 1. The van der Waals surface area contributed by atoms with Gasteiger partial charge < -0.3 is 5.11 Å². The van der Waals surface area contributed by atoms with Crippen molar-refractivity contribution in [3.63, 3.8) is 0 Å². The smallest absolute Gasteiger partial charge is 0.290 e. The SMILES string of the molecule is Cc1ccc2c(Cl)csc2c1.O=CO. The molecule has 0 bridgehead atoms. The van der Waals surface area contributed by atoms with Crippen molar-refractivity contribution in [1.29, 1.82) is 0 Å². The minimum absolute atomic E-state index is 0.250. The second-order valence-corrected chi connectivity index (χ2v) is 4.01. The van der Waals surface area contributed by atoms with Gasteiger partial charge in [-0.1, -0.05) is 23.7 Å². The summed E-state index contributed by atoms with van der Waals surface area (Å²) in [6.45, 7) is 1.84. The van der Waals surface area contributed by atoms with Gasteiger partial charge in [0.05, 0.1) is 5.02 Å². The van der Waals surface area contributed by atoms with Gasteiger partial charge in [-0.3, -0.25) is 4.79 Å². The molecule has 0 fully saturated rings. The van der Waals surface area contributed by atoms with Crippen LogP contribution in [0.1, 0.15) is 5.56 Å². The van der Waals surface area contributed by atoms with Crippen LogP contribution in [-0.2, 0) is 4.79 Å². The highest BCUT2D eigenvalue weighted by Gasteiger charge is 1.99. The van der Waals surface area contributed by atoms with Crippen LogP contribution in [0.3, 0.4) is 0 Å². The molecule has 1 N–H and O–H groups in total. The van der Waals surface area contributed by atoms with Crippen molar-refractivity contribution in [2.24, 2.45) is 0 Å². The summed E-state index contributed by atoms with van der Waals surface area (Å²) in [5.41, 5.74) is 1.29. The lowest BCUT2D eigenvalue weighted by molar-refractivity contribution is -0.122. The number of fused-ring (bicyclic) bond motifs is 1. The van der Waals surface area contributed by atoms with Crippen molar-refractivity contribution in [2.45, 2.75) is 6.92 Å². The molecule has 1 aromatic heterocycles. The van der Waals surface area contributed by atoms with Crippen LogP contribution in [0, 0.1) is 6.92 Å². The van der Waals surface area contributed by atoms with E-state index in [4.69, 9.17) is 21.5 Å². The molecule has 4 heteroatoms. The molecule has 2 aromatic rings. The average Bonchev–Trinajstić information content (AvgIpc) is 2.49. The number of rotatable bonds is 0. The molecule has 0 saturated heterocycles. The maximum atomic E-state index is 8.36. The average molecular weight is 229 g/mol. The summed E-state index contributed by atoms with van der Waals surface area (Å²) < 4.78 is 1.27. The van der Waals surface area contributed by atoms with Crippen LogP contribution in [0.25, 0.3) is 10.1 Å². The number of hydrogen-bond acceptors (Lipinski definition) is 2. The van der Waals surface area contributed by atoms with Gasteiger partial charge in [0.25, 0.3) is 6.47 Å². The molecule has 74 valence electrons. The Morgan fingerprint density at radius 1 is 1.50 bits per heavy atom. The number of benzene rings is 1. The van der Waals surface area contributed by atoms with Crippen LogP contribution < -0.4 is 0 Å². The minimum atomic E-state index is -0.250. The molecule has 0 saturated carbocycles. The van der Waals surface area contributed by atoms with E-state index in [2.05, 4.69) is 25.1 Å². The molecule has 0 radical (unpaired) electrons. The van der Waals surface area contributed by atoms with Gasteiger partial charge in [-0.25, -0.2) is 0 Å². The molecule has 0 aliphatic rings. The highest BCUT2D eigenvalue weighted by Crippen LogP contribution is 2.30. The number of hydrogen-bond donors (Lipinski definition) is 1. The van der Waals surface area contributed by atoms with E-state index in [0.29, 0.717) is 0 Å². The summed E-state index contributed by atoms with van der Waals surface area (Å²) in [5, 5.41) is 10.9. The molecular formula is C10H9ClO2S. The predicted molar refractivity (Wildman–Crippen MR) is 60.3 cm³/mol. The lowest BCUT2D eigenvalue weighted by Crippen LogP contribution is -1.68. The molecule has 0 aliphatic carbocycles. The van der Waals surface area contributed by atoms with E-state index in [1.807, 2.05) is 5.38 Å². The summed E-state index contributed by atoms with van der Waals surface area (Å²) in [4.78, 5) is 8.36. The Kier molecular flexibility index (Phi) is 3.92. The zero-order chi connectivity index (χ0) is 10.6. The van der Waals surface area contributed by atoms with E-state index >= 15 is 0 Å². The van der Waals surface area contributed by atoms with Crippen LogP contribution >= 0.6 is 22.9 Å². The van der Waals surface area contributed by atoms with Crippen LogP contribution in [-0.4, -0.2) is 11.6 Å². The predicted octanol–water partition coefficient (Wildman–Crippen LogP) is 3.56. The molecule has 2 rings (SSSR count). The zero-order valence-corrected chi connectivity index (χ0v) is 9.10. The number of halogens is 1. The van der Waals surface area contributed by atoms with Crippen molar-refractivity contribution < 1.29 is 9.90 Å². The van der Waals surface area contributed by atoms with Gasteiger partial charge in [0.2, 0.25) is 0 Å². The van der Waals surface area contributed by atoms with Gasteiger partial charge in [0.15, 0.2) is 0 Å². The Balaban J connectivity index is 0.000000293. The molecule has 2 nitrogen and oxygen atoms in total. The summed E-state index contributed by atoms with van der Waals surface area (Å²) in [7, 11) is 0. The lowest BCUT2D eigenvalue weighted by atomic mass is 10.2. The van der Waals surface area contributed by atoms with E-state index in [0.717, 1.165) is 5.02 Å². The first-order valence-electron chi connectivity index (χ1n) is 3.90. The van der Waals surface area contributed by atoms with E-state index in [1.165, 1.54) is 15.6 Å². The minimum Gasteiger partial charge on any atom is -0.483 e. The van der Waals surface area contributed by atoms with Crippen LogP contribution in [0.2, 0.25) is 5.02 Å². The van der Waals surface area contributed by atoms with E-state index in [-0.39, 0.29) is 6.47 Å². The van der Waals surface area contributed by atoms with E-state index in [9.17, 15) is 0 Å². The molecule has 0 amide bonds. The first kappa shape index (κ1) is 11.0. The molecule has 1 aromatic carbocycles.